The highest BCUT2D eigenvalue weighted by Gasteiger charge is 2.38. The molecule has 152 valence electrons. The third-order valence-corrected chi connectivity index (χ3v) is 7.08. The van der Waals surface area contributed by atoms with E-state index in [1.165, 1.54) is 0 Å². The van der Waals surface area contributed by atoms with Crippen LogP contribution in [0.15, 0.2) is 45.6 Å². The van der Waals surface area contributed by atoms with Gasteiger partial charge in [0, 0.05) is 5.56 Å². The van der Waals surface area contributed by atoms with Crippen LogP contribution in [0, 0.1) is 0 Å². The highest BCUT2D eigenvalue weighted by Crippen LogP contribution is 2.44. The zero-order valence-corrected chi connectivity index (χ0v) is 16.7. The molecule has 0 atom stereocenters. The van der Waals surface area contributed by atoms with E-state index in [-0.39, 0.29) is 5.43 Å². The number of hydrogen-bond acceptors (Lipinski definition) is 4. The lowest BCUT2D eigenvalue weighted by Gasteiger charge is -2.36. The molecule has 0 spiro atoms. The van der Waals surface area contributed by atoms with Crippen molar-refractivity contribution in [2.45, 2.75) is 75.4 Å². The van der Waals surface area contributed by atoms with Crippen molar-refractivity contribution in [3.05, 3.63) is 57.7 Å². The quantitative estimate of drug-likeness (QED) is 0.585. The van der Waals surface area contributed by atoms with Gasteiger partial charge >= 0.3 is 0 Å². The van der Waals surface area contributed by atoms with Gasteiger partial charge in [-0.15, -0.1) is 0 Å². The SMILES string of the molecule is O=c1c2ccccc2oc2c(C3(O)CCCCC3)cc(C3(O)CCCCC3)cc12. The molecule has 29 heavy (non-hydrogen) atoms. The molecule has 0 saturated heterocycles. The summed E-state index contributed by atoms with van der Waals surface area (Å²) in [5.41, 5.74) is 0.382. The zero-order chi connectivity index (χ0) is 20.1. The van der Waals surface area contributed by atoms with Crippen molar-refractivity contribution in [1.82, 2.24) is 0 Å². The molecule has 2 N–H and O–H groups in total. The fraction of sp³-hybridized carbons (Fsp3) is 0.480. The average molecular weight is 392 g/mol. The number of aliphatic hydroxyl groups is 2. The van der Waals surface area contributed by atoms with Crippen molar-refractivity contribution >= 4 is 21.9 Å². The number of benzene rings is 2. The highest BCUT2D eigenvalue weighted by atomic mass is 16.3. The Morgan fingerprint density at radius 2 is 1.38 bits per heavy atom. The van der Waals surface area contributed by atoms with E-state index in [9.17, 15) is 15.0 Å². The van der Waals surface area contributed by atoms with Crippen LogP contribution in [0.4, 0.5) is 0 Å². The first kappa shape index (κ1) is 18.8. The lowest BCUT2D eigenvalue weighted by molar-refractivity contribution is -0.00627. The van der Waals surface area contributed by atoms with Gasteiger partial charge in [0.1, 0.15) is 11.2 Å². The van der Waals surface area contributed by atoms with Crippen LogP contribution >= 0.6 is 0 Å². The van der Waals surface area contributed by atoms with Gasteiger partial charge in [0.2, 0.25) is 5.43 Å². The van der Waals surface area contributed by atoms with Gasteiger partial charge in [0.25, 0.3) is 0 Å². The summed E-state index contributed by atoms with van der Waals surface area (Å²) in [4.78, 5) is 13.3. The maximum atomic E-state index is 13.3. The smallest absolute Gasteiger partial charge is 0.200 e. The van der Waals surface area contributed by atoms with E-state index in [0.29, 0.717) is 53.2 Å². The van der Waals surface area contributed by atoms with Crippen molar-refractivity contribution in [2.24, 2.45) is 0 Å². The van der Waals surface area contributed by atoms with Gasteiger partial charge in [0.15, 0.2) is 0 Å². The van der Waals surface area contributed by atoms with Gasteiger partial charge < -0.3 is 14.6 Å². The first-order chi connectivity index (χ1) is 14.0. The molecule has 5 rings (SSSR count). The summed E-state index contributed by atoms with van der Waals surface area (Å²) < 4.78 is 6.21. The number of hydrogen-bond donors (Lipinski definition) is 2. The molecule has 0 aliphatic heterocycles. The summed E-state index contributed by atoms with van der Waals surface area (Å²) in [6.07, 6.45) is 8.76. The minimum absolute atomic E-state index is 0.0937. The average Bonchev–Trinajstić information content (AvgIpc) is 2.74. The third kappa shape index (κ3) is 3.10. The predicted molar refractivity (Wildman–Crippen MR) is 114 cm³/mol. The topological polar surface area (TPSA) is 70.7 Å². The standard InChI is InChI=1S/C25H28O4/c26-22-18-9-3-4-10-21(18)29-23-19(22)15-17(24(27)11-5-1-6-12-24)16-20(23)25(28)13-7-2-8-14-25/h3-4,9-10,15-16,27-28H,1-2,5-8,11-14H2. The van der Waals surface area contributed by atoms with Crippen LogP contribution in [-0.2, 0) is 11.2 Å². The molecule has 3 aromatic rings. The van der Waals surface area contributed by atoms with Crippen molar-refractivity contribution in [1.29, 1.82) is 0 Å². The first-order valence-electron chi connectivity index (χ1n) is 11.0. The maximum absolute atomic E-state index is 13.3. The van der Waals surface area contributed by atoms with Crippen LogP contribution in [0.2, 0.25) is 0 Å². The summed E-state index contributed by atoms with van der Waals surface area (Å²) in [5, 5.41) is 24.0. The summed E-state index contributed by atoms with van der Waals surface area (Å²) in [7, 11) is 0. The van der Waals surface area contributed by atoms with E-state index < -0.39 is 11.2 Å². The van der Waals surface area contributed by atoms with E-state index in [1.807, 2.05) is 24.3 Å². The van der Waals surface area contributed by atoms with E-state index in [2.05, 4.69) is 0 Å². The van der Waals surface area contributed by atoms with Crippen LogP contribution in [0.1, 0.15) is 75.3 Å². The zero-order valence-electron chi connectivity index (χ0n) is 16.7. The Bertz CT molecular complexity index is 1110. The van der Waals surface area contributed by atoms with Crippen LogP contribution < -0.4 is 5.43 Å². The maximum Gasteiger partial charge on any atom is 0.200 e. The predicted octanol–water partition coefficient (Wildman–Crippen LogP) is 5.25. The summed E-state index contributed by atoms with van der Waals surface area (Å²) >= 11 is 0. The van der Waals surface area contributed by atoms with Crippen molar-refractivity contribution in [2.75, 3.05) is 0 Å². The van der Waals surface area contributed by atoms with E-state index >= 15 is 0 Å². The number of fused-ring (bicyclic) bond motifs is 2. The van der Waals surface area contributed by atoms with Gasteiger partial charge in [0.05, 0.1) is 22.0 Å². The van der Waals surface area contributed by atoms with E-state index in [4.69, 9.17) is 4.42 Å². The van der Waals surface area contributed by atoms with Crippen molar-refractivity contribution in [3.63, 3.8) is 0 Å². The Morgan fingerprint density at radius 3 is 2.07 bits per heavy atom. The molecule has 0 unspecified atom stereocenters. The molecule has 2 saturated carbocycles. The Kier molecular flexibility index (Phi) is 4.52. The first-order valence-corrected chi connectivity index (χ1v) is 11.0. The number of rotatable bonds is 2. The lowest BCUT2D eigenvalue weighted by atomic mass is 9.75. The Labute approximate surface area is 170 Å². The second-order valence-corrected chi connectivity index (χ2v) is 9.01. The van der Waals surface area contributed by atoms with Gasteiger partial charge in [-0.2, -0.15) is 0 Å². The van der Waals surface area contributed by atoms with E-state index in [1.54, 1.807) is 12.1 Å². The second kappa shape index (κ2) is 6.96. The lowest BCUT2D eigenvalue weighted by Crippen LogP contribution is -2.32. The summed E-state index contributed by atoms with van der Waals surface area (Å²) in [5.74, 6) is 0. The van der Waals surface area contributed by atoms with Crippen LogP contribution in [-0.4, -0.2) is 10.2 Å². The molecule has 4 heteroatoms. The fourth-order valence-electron chi connectivity index (χ4n) is 5.35. The van der Waals surface area contributed by atoms with Crippen LogP contribution in [0.5, 0.6) is 0 Å². The van der Waals surface area contributed by atoms with E-state index in [0.717, 1.165) is 44.1 Å². The molecular weight excluding hydrogens is 364 g/mol. The second-order valence-electron chi connectivity index (χ2n) is 9.01. The molecule has 0 amide bonds. The molecular formula is C25H28O4. The summed E-state index contributed by atoms with van der Waals surface area (Å²) in [6.45, 7) is 0. The molecule has 4 nitrogen and oxygen atoms in total. The van der Waals surface area contributed by atoms with Crippen molar-refractivity contribution in [3.8, 4) is 0 Å². The minimum atomic E-state index is -1.02. The van der Waals surface area contributed by atoms with Gasteiger partial charge in [-0.25, -0.2) is 0 Å². The Morgan fingerprint density at radius 1 is 0.759 bits per heavy atom. The Hall–Kier alpha value is -2.17. The summed E-state index contributed by atoms with van der Waals surface area (Å²) in [6, 6.07) is 11.0. The molecule has 2 aliphatic carbocycles. The molecule has 2 aromatic carbocycles. The fourth-order valence-corrected chi connectivity index (χ4v) is 5.35. The van der Waals surface area contributed by atoms with Gasteiger partial charge in [-0.3, -0.25) is 4.79 Å². The highest BCUT2D eigenvalue weighted by molar-refractivity contribution is 5.92. The minimum Gasteiger partial charge on any atom is -0.455 e. The molecule has 1 aromatic heterocycles. The van der Waals surface area contributed by atoms with Crippen LogP contribution in [0.25, 0.3) is 21.9 Å². The molecule has 0 bridgehead atoms. The van der Waals surface area contributed by atoms with Gasteiger partial charge in [-0.05, 0) is 55.5 Å². The third-order valence-electron chi connectivity index (χ3n) is 7.08. The monoisotopic (exact) mass is 392 g/mol. The normalized spacial score (nSPS) is 21.4. The largest absolute Gasteiger partial charge is 0.455 e. The molecule has 1 heterocycles. The van der Waals surface area contributed by atoms with Crippen molar-refractivity contribution < 1.29 is 14.6 Å². The molecule has 0 radical (unpaired) electrons. The van der Waals surface area contributed by atoms with Gasteiger partial charge in [-0.1, -0.05) is 50.7 Å². The molecule has 2 aliphatic rings. The molecule has 2 fully saturated rings. The van der Waals surface area contributed by atoms with Crippen LogP contribution in [0.3, 0.4) is 0 Å². The Balaban J connectivity index is 1.83. The number of para-hydroxylation sites is 1.